The van der Waals surface area contributed by atoms with Gasteiger partial charge in [-0.05, 0) is 11.8 Å². The zero-order valence-corrected chi connectivity index (χ0v) is 5.15. The number of rotatable bonds is 1. The van der Waals surface area contributed by atoms with Gasteiger partial charge in [-0.25, -0.2) is 0 Å². The van der Waals surface area contributed by atoms with E-state index in [1.807, 2.05) is 0 Å². The summed E-state index contributed by atoms with van der Waals surface area (Å²) >= 11 is 0. The molecule has 1 heteroatoms. The molecule has 0 aliphatic heterocycles. The third-order valence-electron chi connectivity index (χ3n) is 1.33. The van der Waals surface area contributed by atoms with E-state index in [9.17, 15) is 0 Å². The van der Waals surface area contributed by atoms with Gasteiger partial charge in [0.05, 0.1) is 8.41 Å². The molecule has 0 saturated carbocycles. The predicted octanol–water partition coefficient (Wildman–Crippen LogP) is 1.11. The van der Waals surface area contributed by atoms with Crippen LogP contribution in [0.15, 0.2) is 0 Å². The van der Waals surface area contributed by atoms with Crippen LogP contribution in [-0.4, -0.2) is 8.41 Å². The van der Waals surface area contributed by atoms with Gasteiger partial charge in [-0.2, -0.15) is 0 Å². The quantitative estimate of drug-likeness (QED) is 0.433. The summed E-state index contributed by atoms with van der Waals surface area (Å²) in [6.07, 6.45) is 0. The Labute approximate surface area is 48.9 Å². The van der Waals surface area contributed by atoms with Crippen molar-refractivity contribution in [1.29, 1.82) is 0 Å². The van der Waals surface area contributed by atoms with Gasteiger partial charge in [0.25, 0.3) is 0 Å². The predicted molar refractivity (Wildman–Crippen MR) is 39.6 cm³/mol. The molecule has 0 aliphatic rings. The van der Waals surface area contributed by atoms with Crippen LogP contribution in [0, 0.1) is 11.8 Å². The first kappa shape index (κ1) is 10.1. The minimum Gasteiger partial charge on any atom is -0.0625 e. The van der Waals surface area contributed by atoms with E-state index in [1.165, 1.54) is 0 Å². The highest BCUT2D eigenvalue weighted by Gasteiger charge is 1.95. The van der Waals surface area contributed by atoms with Crippen LogP contribution in [0.1, 0.15) is 27.7 Å². The molecule has 0 aromatic carbocycles. The molecule has 0 amide bonds. The maximum Gasteiger partial charge on any atom is 0.0814 e. The van der Waals surface area contributed by atoms with Crippen molar-refractivity contribution in [3.05, 3.63) is 0 Å². The molecule has 0 aromatic heterocycles. The molecular formula is C6H17B. The molecular weight excluding hydrogens is 82.9 g/mol. The summed E-state index contributed by atoms with van der Waals surface area (Å²) in [6.45, 7) is 8.96. The number of hydrogen-bond donors (Lipinski definition) is 0. The summed E-state index contributed by atoms with van der Waals surface area (Å²) < 4.78 is 0. The Morgan fingerprint density at radius 1 is 0.714 bits per heavy atom. The van der Waals surface area contributed by atoms with Crippen molar-refractivity contribution in [2.75, 3.05) is 0 Å². The lowest BCUT2D eigenvalue weighted by Gasteiger charge is -2.05. The molecule has 0 atom stereocenters. The van der Waals surface area contributed by atoms with E-state index in [2.05, 4.69) is 27.7 Å². The average molecular weight is 100 g/mol. The first-order valence-corrected chi connectivity index (χ1v) is 2.64. The van der Waals surface area contributed by atoms with Crippen molar-refractivity contribution in [3.63, 3.8) is 0 Å². The van der Waals surface area contributed by atoms with E-state index in [0.29, 0.717) is 0 Å². The van der Waals surface area contributed by atoms with Gasteiger partial charge in [0.2, 0.25) is 0 Å². The largest absolute Gasteiger partial charge is 0.0814 e. The van der Waals surface area contributed by atoms with Crippen molar-refractivity contribution in [2.45, 2.75) is 27.7 Å². The minimum atomic E-state index is 0. The summed E-state index contributed by atoms with van der Waals surface area (Å²) in [5.74, 6) is 1.70. The normalized spacial score (nSPS) is 9.43. The van der Waals surface area contributed by atoms with E-state index in [1.54, 1.807) is 0 Å². The average Bonchev–Trinajstić information content (AvgIpc) is 1.36. The topological polar surface area (TPSA) is 0 Å². The van der Waals surface area contributed by atoms with Gasteiger partial charge >= 0.3 is 0 Å². The van der Waals surface area contributed by atoms with Crippen molar-refractivity contribution in [2.24, 2.45) is 11.8 Å². The summed E-state index contributed by atoms with van der Waals surface area (Å²) in [6, 6.07) is 0. The van der Waals surface area contributed by atoms with Gasteiger partial charge in [0, 0.05) is 0 Å². The Morgan fingerprint density at radius 2 is 0.857 bits per heavy atom. The Balaban J connectivity index is 0. The Hall–Kier alpha value is 0.0649. The Bertz CT molecular complexity index is 25.2. The van der Waals surface area contributed by atoms with E-state index >= 15 is 0 Å². The fourth-order valence-electron chi connectivity index (χ4n) is 0. The number of hydrogen-bond acceptors (Lipinski definition) is 0. The van der Waals surface area contributed by atoms with Crippen molar-refractivity contribution < 1.29 is 0 Å². The first-order chi connectivity index (χ1) is 2.64. The van der Waals surface area contributed by atoms with Gasteiger partial charge in [-0.15, -0.1) is 0 Å². The molecule has 0 fully saturated rings. The summed E-state index contributed by atoms with van der Waals surface area (Å²) in [4.78, 5) is 0. The van der Waals surface area contributed by atoms with Crippen LogP contribution in [0.5, 0.6) is 0 Å². The van der Waals surface area contributed by atoms with Crippen LogP contribution >= 0.6 is 0 Å². The molecule has 0 N–H and O–H groups in total. The highest BCUT2D eigenvalue weighted by molar-refractivity contribution is 5.75. The fraction of sp³-hybridized carbons (Fsp3) is 1.00. The minimum absolute atomic E-state index is 0. The van der Waals surface area contributed by atoms with Gasteiger partial charge in [-0.3, -0.25) is 0 Å². The first-order valence-electron chi connectivity index (χ1n) is 2.64. The smallest absolute Gasteiger partial charge is 0.0625 e. The Morgan fingerprint density at radius 3 is 0.857 bits per heavy atom. The second kappa shape index (κ2) is 4.23. The van der Waals surface area contributed by atoms with E-state index < -0.39 is 0 Å². The van der Waals surface area contributed by atoms with Crippen molar-refractivity contribution >= 4 is 8.41 Å². The molecule has 0 saturated heterocycles. The molecule has 0 rings (SSSR count). The van der Waals surface area contributed by atoms with Crippen LogP contribution in [0.3, 0.4) is 0 Å². The second-order valence-corrected chi connectivity index (χ2v) is 2.49. The third-order valence-corrected chi connectivity index (χ3v) is 1.33. The van der Waals surface area contributed by atoms with Crippen molar-refractivity contribution in [3.8, 4) is 0 Å². The van der Waals surface area contributed by atoms with Crippen LogP contribution in [-0.2, 0) is 0 Å². The molecule has 0 bridgehead atoms. The zero-order chi connectivity index (χ0) is 5.15. The molecule has 0 aliphatic carbocycles. The third kappa shape index (κ3) is 6.06. The highest BCUT2D eigenvalue weighted by Crippen LogP contribution is 2.05. The van der Waals surface area contributed by atoms with Gasteiger partial charge in [0.1, 0.15) is 0 Å². The lowest BCUT2D eigenvalue weighted by Crippen LogP contribution is -1.95. The van der Waals surface area contributed by atoms with E-state index in [0.717, 1.165) is 11.8 Å². The highest BCUT2D eigenvalue weighted by atomic mass is 14.0. The molecule has 0 spiro atoms. The SMILES string of the molecule is B.CC(C)C(C)C. The summed E-state index contributed by atoms with van der Waals surface area (Å²) in [5.41, 5.74) is 0. The molecule has 44 valence electrons. The second-order valence-electron chi connectivity index (χ2n) is 2.49. The van der Waals surface area contributed by atoms with Crippen LogP contribution in [0.2, 0.25) is 0 Å². The van der Waals surface area contributed by atoms with E-state index in [-0.39, 0.29) is 8.41 Å². The van der Waals surface area contributed by atoms with E-state index in [4.69, 9.17) is 0 Å². The lowest BCUT2D eigenvalue weighted by atomic mass is 10.0. The van der Waals surface area contributed by atoms with Crippen LogP contribution in [0.25, 0.3) is 0 Å². The Kier molecular flexibility index (Phi) is 6.12. The molecule has 0 unspecified atom stereocenters. The molecule has 7 heavy (non-hydrogen) atoms. The molecule has 0 aromatic rings. The van der Waals surface area contributed by atoms with Crippen LogP contribution in [0.4, 0.5) is 0 Å². The molecule has 0 nitrogen and oxygen atoms in total. The zero-order valence-electron chi connectivity index (χ0n) is 5.15. The lowest BCUT2D eigenvalue weighted by molar-refractivity contribution is 0.457. The molecule has 0 heterocycles. The molecule has 0 radical (unpaired) electrons. The summed E-state index contributed by atoms with van der Waals surface area (Å²) in [5, 5.41) is 0. The maximum absolute atomic E-state index is 2.24. The van der Waals surface area contributed by atoms with Crippen LogP contribution < -0.4 is 0 Å². The van der Waals surface area contributed by atoms with Crippen molar-refractivity contribution in [1.82, 2.24) is 0 Å². The standard InChI is InChI=1S/C6H14.BH3/c1-5(2)6(3)4;/h5-6H,1-4H3;1H3. The monoisotopic (exact) mass is 100 g/mol. The van der Waals surface area contributed by atoms with Gasteiger partial charge < -0.3 is 0 Å². The maximum atomic E-state index is 2.24. The summed E-state index contributed by atoms with van der Waals surface area (Å²) in [7, 11) is 0. The fourth-order valence-corrected chi connectivity index (χ4v) is 0. The van der Waals surface area contributed by atoms with Gasteiger partial charge in [-0.1, -0.05) is 27.7 Å². The van der Waals surface area contributed by atoms with Gasteiger partial charge in [0.15, 0.2) is 0 Å².